The smallest absolute Gasteiger partial charge is 0.309 e. The highest BCUT2D eigenvalue weighted by molar-refractivity contribution is 7.10. The largest absolute Gasteiger partial charge is 0.416 e. The fourth-order valence-electron chi connectivity index (χ4n) is 2.28. The van der Waals surface area contributed by atoms with E-state index in [1.165, 1.54) is 6.07 Å². The van der Waals surface area contributed by atoms with Crippen LogP contribution < -0.4 is 5.32 Å². The predicted octanol–water partition coefficient (Wildman–Crippen LogP) is 4.69. The molecule has 0 saturated heterocycles. The summed E-state index contributed by atoms with van der Waals surface area (Å²) < 4.78 is 38.1. The van der Waals surface area contributed by atoms with Crippen molar-refractivity contribution in [2.75, 3.05) is 7.05 Å². The number of hydrogen-bond donors (Lipinski definition) is 1. The molecule has 0 aliphatic heterocycles. The monoisotopic (exact) mass is 299 g/mol. The summed E-state index contributed by atoms with van der Waals surface area (Å²) in [6.45, 7) is 3.73. The molecular weight excluding hydrogens is 283 g/mol. The molecular formula is C15H16F3NS. The molecule has 1 nitrogen and oxygen atoms in total. The van der Waals surface area contributed by atoms with Crippen LogP contribution in [0.3, 0.4) is 0 Å². The minimum Gasteiger partial charge on any atom is -0.309 e. The van der Waals surface area contributed by atoms with Crippen molar-refractivity contribution in [3.05, 3.63) is 56.8 Å². The van der Waals surface area contributed by atoms with Crippen LogP contribution in [-0.2, 0) is 6.18 Å². The van der Waals surface area contributed by atoms with Crippen LogP contribution in [0.25, 0.3) is 0 Å². The molecule has 2 aromatic rings. The summed E-state index contributed by atoms with van der Waals surface area (Å²) in [5.41, 5.74) is 2.07. The third-order valence-electron chi connectivity index (χ3n) is 3.36. The number of halogens is 3. The van der Waals surface area contributed by atoms with Gasteiger partial charge in [-0.05, 0) is 61.2 Å². The molecule has 2 rings (SSSR count). The molecule has 0 spiro atoms. The molecule has 1 unspecified atom stereocenters. The molecule has 0 bridgehead atoms. The zero-order valence-corrected chi connectivity index (χ0v) is 12.3. The molecule has 0 aliphatic carbocycles. The summed E-state index contributed by atoms with van der Waals surface area (Å²) in [5, 5.41) is 5.18. The summed E-state index contributed by atoms with van der Waals surface area (Å²) in [7, 11) is 1.82. The van der Waals surface area contributed by atoms with E-state index in [-0.39, 0.29) is 6.04 Å². The number of aryl methyl sites for hydroxylation is 2. The van der Waals surface area contributed by atoms with Crippen LogP contribution >= 0.6 is 11.3 Å². The second kappa shape index (κ2) is 5.58. The van der Waals surface area contributed by atoms with Crippen LogP contribution in [0.5, 0.6) is 0 Å². The number of hydrogen-bond acceptors (Lipinski definition) is 2. The van der Waals surface area contributed by atoms with Gasteiger partial charge in [0, 0.05) is 4.88 Å². The highest BCUT2D eigenvalue weighted by Gasteiger charge is 2.31. The summed E-state index contributed by atoms with van der Waals surface area (Å²) in [4.78, 5) is 1.13. The zero-order valence-electron chi connectivity index (χ0n) is 11.5. The van der Waals surface area contributed by atoms with Gasteiger partial charge in [-0.25, -0.2) is 0 Å². The van der Waals surface area contributed by atoms with Gasteiger partial charge in [-0.3, -0.25) is 0 Å². The summed E-state index contributed by atoms with van der Waals surface area (Å²) in [5.74, 6) is 0. The van der Waals surface area contributed by atoms with Crippen molar-refractivity contribution in [1.29, 1.82) is 0 Å². The van der Waals surface area contributed by atoms with Crippen molar-refractivity contribution in [1.82, 2.24) is 5.32 Å². The first-order chi connectivity index (χ1) is 9.34. The molecule has 0 fully saturated rings. The van der Waals surface area contributed by atoms with Gasteiger partial charge >= 0.3 is 6.18 Å². The Labute approximate surface area is 120 Å². The van der Waals surface area contributed by atoms with Crippen molar-refractivity contribution < 1.29 is 13.2 Å². The van der Waals surface area contributed by atoms with Gasteiger partial charge in [0.1, 0.15) is 0 Å². The lowest BCUT2D eigenvalue weighted by Gasteiger charge is -2.20. The summed E-state index contributed by atoms with van der Waals surface area (Å²) >= 11 is 1.61. The van der Waals surface area contributed by atoms with Gasteiger partial charge in [0.05, 0.1) is 11.6 Å². The molecule has 0 saturated carbocycles. The van der Waals surface area contributed by atoms with Crippen molar-refractivity contribution >= 4 is 11.3 Å². The van der Waals surface area contributed by atoms with E-state index in [2.05, 4.69) is 5.32 Å². The van der Waals surface area contributed by atoms with Gasteiger partial charge < -0.3 is 5.32 Å². The van der Waals surface area contributed by atoms with E-state index in [1.54, 1.807) is 24.3 Å². The van der Waals surface area contributed by atoms with Gasteiger partial charge in [-0.15, -0.1) is 11.3 Å². The van der Waals surface area contributed by atoms with Gasteiger partial charge in [0.25, 0.3) is 0 Å². The Morgan fingerprint density at radius 2 is 1.80 bits per heavy atom. The maximum atomic E-state index is 12.7. The molecule has 20 heavy (non-hydrogen) atoms. The first-order valence-corrected chi connectivity index (χ1v) is 7.11. The minimum atomic E-state index is -4.29. The summed E-state index contributed by atoms with van der Waals surface area (Å²) in [6.07, 6.45) is -4.29. The second-order valence-electron chi connectivity index (χ2n) is 4.76. The van der Waals surface area contributed by atoms with Crippen LogP contribution in [0.15, 0.2) is 29.6 Å². The first-order valence-electron chi connectivity index (χ1n) is 6.23. The third-order valence-corrected chi connectivity index (χ3v) is 4.44. The van der Waals surface area contributed by atoms with Crippen LogP contribution in [0.1, 0.15) is 33.2 Å². The van der Waals surface area contributed by atoms with Gasteiger partial charge in [0.15, 0.2) is 0 Å². The Hall–Kier alpha value is -1.33. The minimum absolute atomic E-state index is 0.0720. The van der Waals surface area contributed by atoms with E-state index in [0.717, 1.165) is 22.1 Å². The normalized spacial score (nSPS) is 13.5. The topological polar surface area (TPSA) is 12.0 Å². The second-order valence-corrected chi connectivity index (χ2v) is 5.71. The molecule has 1 atom stereocenters. The fourth-order valence-corrected chi connectivity index (χ4v) is 3.34. The lowest BCUT2D eigenvalue weighted by Crippen LogP contribution is -2.19. The van der Waals surface area contributed by atoms with Crippen LogP contribution in [-0.4, -0.2) is 7.05 Å². The molecule has 0 radical (unpaired) electrons. The number of thiophene rings is 1. The van der Waals surface area contributed by atoms with E-state index in [4.69, 9.17) is 0 Å². The molecule has 1 heterocycles. The molecule has 0 aliphatic rings. The Morgan fingerprint density at radius 1 is 1.10 bits per heavy atom. The predicted molar refractivity (Wildman–Crippen MR) is 76.1 cm³/mol. The Bertz CT molecular complexity index is 601. The number of alkyl halides is 3. The maximum absolute atomic E-state index is 12.7. The lowest BCUT2D eigenvalue weighted by atomic mass is 9.96. The van der Waals surface area contributed by atoms with Crippen LogP contribution in [0.2, 0.25) is 0 Å². The van der Waals surface area contributed by atoms with Gasteiger partial charge in [0.2, 0.25) is 0 Å². The van der Waals surface area contributed by atoms with Crippen molar-refractivity contribution in [2.45, 2.75) is 26.1 Å². The van der Waals surface area contributed by atoms with Crippen LogP contribution in [0.4, 0.5) is 13.2 Å². The molecule has 5 heteroatoms. The molecule has 1 aromatic carbocycles. The fraction of sp³-hybridized carbons (Fsp3) is 0.333. The van der Waals surface area contributed by atoms with Gasteiger partial charge in [-0.2, -0.15) is 13.2 Å². The average Bonchev–Trinajstić information content (AvgIpc) is 2.77. The van der Waals surface area contributed by atoms with Gasteiger partial charge in [-0.1, -0.05) is 6.07 Å². The Kier molecular flexibility index (Phi) is 4.20. The number of nitrogens with one attached hydrogen (secondary N) is 1. The highest BCUT2D eigenvalue weighted by Crippen LogP contribution is 2.35. The first kappa shape index (κ1) is 15.1. The Balaban J connectivity index is 2.44. The van der Waals surface area contributed by atoms with E-state index < -0.39 is 11.7 Å². The Morgan fingerprint density at radius 3 is 2.25 bits per heavy atom. The SMILES string of the molecule is CNC(c1ccc(C(F)(F)F)cc1C)c1sccc1C. The standard InChI is InChI=1S/C15H16F3NS/c1-9-6-7-20-14(9)13(19-3)12-5-4-11(8-10(12)2)15(16,17)18/h4-8,13,19H,1-3H3. The van der Waals surface area contributed by atoms with Crippen molar-refractivity contribution in [3.63, 3.8) is 0 Å². The quantitative estimate of drug-likeness (QED) is 0.866. The van der Waals surface area contributed by atoms with E-state index in [9.17, 15) is 13.2 Å². The van der Waals surface area contributed by atoms with Crippen LogP contribution in [0, 0.1) is 13.8 Å². The van der Waals surface area contributed by atoms with E-state index in [0.29, 0.717) is 5.56 Å². The maximum Gasteiger partial charge on any atom is 0.416 e. The highest BCUT2D eigenvalue weighted by atomic mass is 32.1. The summed E-state index contributed by atoms with van der Waals surface area (Å²) in [6, 6.07) is 5.87. The van der Waals surface area contributed by atoms with Crippen molar-refractivity contribution in [3.8, 4) is 0 Å². The molecule has 0 amide bonds. The van der Waals surface area contributed by atoms with E-state index in [1.807, 2.05) is 25.4 Å². The molecule has 1 N–H and O–H groups in total. The van der Waals surface area contributed by atoms with Crippen molar-refractivity contribution in [2.24, 2.45) is 0 Å². The van der Waals surface area contributed by atoms with E-state index >= 15 is 0 Å². The zero-order chi connectivity index (χ0) is 14.9. The molecule has 108 valence electrons. The number of rotatable bonds is 3. The third kappa shape index (κ3) is 2.88. The number of benzene rings is 1. The average molecular weight is 299 g/mol. The lowest BCUT2D eigenvalue weighted by molar-refractivity contribution is -0.137. The molecule has 1 aromatic heterocycles.